The van der Waals surface area contributed by atoms with E-state index in [0.717, 1.165) is 11.1 Å². The zero-order valence-corrected chi connectivity index (χ0v) is 14.4. The second kappa shape index (κ2) is 7.14. The summed E-state index contributed by atoms with van der Waals surface area (Å²) in [5.74, 6) is 0.381. The molecule has 0 aliphatic carbocycles. The van der Waals surface area contributed by atoms with Crippen LogP contribution in [-0.2, 0) is 6.54 Å². The molecule has 0 fully saturated rings. The highest BCUT2D eigenvalue weighted by Gasteiger charge is 2.14. The van der Waals surface area contributed by atoms with E-state index in [4.69, 9.17) is 10.5 Å². The first-order chi connectivity index (χ1) is 12.5. The number of aromatic nitrogens is 2. The zero-order chi connectivity index (χ0) is 18.7. The van der Waals surface area contributed by atoms with Gasteiger partial charge in [0.05, 0.1) is 13.3 Å². The molecule has 26 heavy (non-hydrogen) atoms. The number of urea groups is 1. The van der Waals surface area contributed by atoms with Gasteiger partial charge in [-0.2, -0.15) is 0 Å². The highest BCUT2D eigenvalue weighted by Crippen LogP contribution is 2.19. The molecular weight excluding hydrogens is 334 g/mol. The van der Waals surface area contributed by atoms with E-state index in [-0.39, 0.29) is 12.5 Å². The van der Waals surface area contributed by atoms with Crippen LogP contribution in [0.25, 0.3) is 5.65 Å². The summed E-state index contributed by atoms with van der Waals surface area (Å²) < 4.78 is 6.85. The van der Waals surface area contributed by atoms with Crippen LogP contribution in [0.4, 0.5) is 10.5 Å². The van der Waals surface area contributed by atoms with Crippen molar-refractivity contribution < 1.29 is 14.3 Å². The predicted molar refractivity (Wildman–Crippen MR) is 97.3 cm³/mol. The van der Waals surface area contributed by atoms with Crippen LogP contribution in [0.1, 0.15) is 21.6 Å². The van der Waals surface area contributed by atoms with Crippen LogP contribution < -0.4 is 21.1 Å². The first-order valence-corrected chi connectivity index (χ1v) is 7.93. The minimum atomic E-state index is -0.600. The molecule has 2 heterocycles. The van der Waals surface area contributed by atoms with Gasteiger partial charge >= 0.3 is 6.03 Å². The molecule has 0 radical (unpaired) electrons. The summed E-state index contributed by atoms with van der Waals surface area (Å²) in [6.07, 6.45) is 3.24. The van der Waals surface area contributed by atoms with Crippen molar-refractivity contribution in [2.24, 2.45) is 5.73 Å². The molecule has 3 aromatic rings. The lowest BCUT2D eigenvalue weighted by Crippen LogP contribution is -2.28. The van der Waals surface area contributed by atoms with E-state index in [1.165, 1.54) is 6.20 Å². The maximum Gasteiger partial charge on any atom is 0.312 e. The number of nitrogens with one attached hydrogen (secondary N) is 2. The Morgan fingerprint density at radius 2 is 2.08 bits per heavy atom. The van der Waals surface area contributed by atoms with E-state index in [1.54, 1.807) is 35.9 Å². The fourth-order valence-corrected chi connectivity index (χ4v) is 2.55. The molecule has 4 N–H and O–H groups in total. The van der Waals surface area contributed by atoms with Gasteiger partial charge in [0.25, 0.3) is 5.91 Å². The number of carbonyl (C=O) groups excluding carboxylic acids is 2. The molecule has 3 amide bonds. The largest absolute Gasteiger partial charge is 0.497 e. The maximum absolute atomic E-state index is 12.7. The monoisotopic (exact) mass is 353 g/mol. The van der Waals surface area contributed by atoms with Crippen molar-refractivity contribution in [1.82, 2.24) is 14.7 Å². The van der Waals surface area contributed by atoms with Crippen LogP contribution in [0, 0.1) is 6.92 Å². The Hall–Kier alpha value is -3.55. The summed E-state index contributed by atoms with van der Waals surface area (Å²) in [5, 5.41) is 5.41. The van der Waals surface area contributed by atoms with Gasteiger partial charge in [-0.3, -0.25) is 9.20 Å². The van der Waals surface area contributed by atoms with E-state index in [1.807, 2.05) is 19.1 Å². The number of nitrogens with zero attached hydrogens (tertiary/aromatic N) is 2. The van der Waals surface area contributed by atoms with Gasteiger partial charge < -0.3 is 21.1 Å². The number of rotatable bonds is 5. The van der Waals surface area contributed by atoms with Gasteiger partial charge in [0, 0.05) is 24.5 Å². The van der Waals surface area contributed by atoms with Gasteiger partial charge in [0.2, 0.25) is 0 Å². The molecule has 0 saturated heterocycles. The smallest absolute Gasteiger partial charge is 0.312 e. The Kier molecular flexibility index (Phi) is 4.74. The van der Waals surface area contributed by atoms with E-state index in [2.05, 4.69) is 15.6 Å². The molecule has 0 unspecified atom stereocenters. The van der Waals surface area contributed by atoms with Crippen molar-refractivity contribution in [2.45, 2.75) is 13.5 Å². The highest BCUT2D eigenvalue weighted by atomic mass is 16.5. The maximum atomic E-state index is 12.7. The Morgan fingerprint density at radius 3 is 2.81 bits per heavy atom. The number of hydrogen-bond acceptors (Lipinski definition) is 4. The van der Waals surface area contributed by atoms with Crippen LogP contribution in [0.15, 0.2) is 42.7 Å². The van der Waals surface area contributed by atoms with Crippen LogP contribution in [0.5, 0.6) is 5.75 Å². The number of nitrogens with two attached hydrogens (primary N) is 1. The van der Waals surface area contributed by atoms with Crippen LogP contribution in [0.3, 0.4) is 0 Å². The number of anilines is 1. The fourth-order valence-electron chi connectivity index (χ4n) is 2.55. The molecule has 0 atom stereocenters. The first kappa shape index (κ1) is 17.3. The number of fused-ring (bicyclic) bond motifs is 1. The topological polar surface area (TPSA) is 111 Å². The summed E-state index contributed by atoms with van der Waals surface area (Å²) in [4.78, 5) is 27.8. The molecule has 3 rings (SSSR count). The zero-order valence-electron chi connectivity index (χ0n) is 14.4. The lowest BCUT2D eigenvalue weighted by Gasteiger charge is -2.11. The summed E-state index contributed by atoms with van der Waals surface area (Å²) in [7, 11) is 1.57. The number of imidazole rings is 1. The van der Waals surface area contributed by atoms with Crippen molar-refractivity contribution in [3.05, 3.63) is 59.5 Å². The molecule has 134 valence electrons. The molecule has 0 saturated carbocycles. The van der Waals surface area contributed by atoms with Crippen molar-refractivity contribution >= 4 is 23.3 Å². The minimum absolute atomic E-state index is 0.286. The van der Waals surface area contributed by atoms with Gasteiger partial charge in [0.15, 0.2) is 0 Å². The molecule has 0 spiro atoms. The normalized spacial score (nSPS) is 10.5. The average molecular weight is 353 g/mol. The summed E-state index contributed by atoms with van der Waals surface area (Å²) >= 11 is 0. The lowest BCUT2D eigenvalue weighted by molar-refractivity contribution is 0.102. The predicted octanol–water partition coefficient (Wildman–Crippen LogP) is 2.07. The van der Waals surface area contributed by atoms with Gasteiger partial charge in [-0.15, -0.1) is 0 Å². The first-order valence-electron chi connectivity index (χ1n) is 7.93. The Morgan fingerprint density at radius 1 is 1.27 bits per heavy atom. The van der Waals surface area contributed by atoms with Crippen LogP contribution in [-0.4, -0.2) is 28.4 Å². The van der Waals surface area contributed by atoms with Crippen LogP contribution >= 0.6 is 0 Å². The molecule has 0 bridgehead atoms. The van der Waals surface area contributed by atoms with Gasteiger partial charge in [0.1, 0.15) is 17.1 Å². The van der Waals surface area contributed by atoms with Crippen molar-refractivity contribution in [2.75, 3.05) is 12.4 Å². The average Bonchev–Trinajstić information content (AvgIpc) is 3.05. The van der Waals surface area contributed by atoms with E-state index >= 15 is 0 Å². The summed E-state index contributed by atoms with van der Waals surface area (Å²) in [6.45, 7) is 2.17. The van der Waals surface area contributed by atoms with Gasteiger partial charge in [-0.25, -0.2) is 9.78 Å². The second-order valence-electron chi connectivity index (χ2n) is 5.76. The number of aryl methyl sites for hydroxylation is 1. The van der Waals surface area contributed by atoms with Crippen molar-refractivity contribution in [3.63, 3.8) is 0 Å². The number of carbonyl (C=O) groups is 2. The Balaban J connectivity index is 1.83. The standard InChI is InChI=1S/C18H19N5O3/c1-11-3-4-12(9-21-18(19)25)7-14(11)22-17(24)15-10-20-16-8-13(26-2)5-6-23(15)16/h3-8,10H,9H2,1-2H3,(H,22,24)(H3,19,21,25). The molecule has 8 heteroatoms. The quantitative estimate of drug-likeness (QED) is 0.652. The van der Waals surface area contributed by atoms with Crippen LogP contribution in [0.2, 0.25) is 0 Å². The number of amides is 3. The number of pyridine rings is 1. The van der Waals surface area contributed by atoms with Gasteiger partial charge in [-0.1, -0.05) is 12.1 Å². The summed E-state index contributed by atoms with van der Waals surface area (Å²) in [5.41, 5.74) is 8.49. The van der Waals surface area contributed by atoms with E-state index in [0.29, 0.717) is 22.8 Å². The second-order valence-corrected chi connectivity index (χ2v) is 5.76. The Labute approximate surface area is 150 Å². The number of hydrogen-bond donors (Lipinski definition) is 3. The van der Waals surface area contributed by atoms with Crippen molar-refractivity contribution in [3.8, 4) is 5.75 Å². The minimum Gasteiger partial charge on any atom is -0.497 e. The lowest BCUT2D eigenvalue weighted by atomic mass is 10.1. The number of methoxy groups -OCH3 is 1. The van der Waals surface area contributed by atoms with Crippen molar-refractivity contribution in [1.29, 1.82) is 0 Å². The van der Waals surface area contributed by atoms with Gasteiger partial charge in [-0.05, 0) is 30.2 Å². The molecular formula is C18H19N5O3. The molecule has 2 aromatic heterocycles. The third-order valence-electron chi connectivity index (χ3n) is 3.97. The summed E-state index contributed by atoms with van der Waals surface area (Å²) in [6, 6.07) is 8.44. The molecule has 0 aliphatic rings. The molecule has 1 aromatic carbocycles. The highest BCUT2D eigenvalue weighted by molar-refractivity contribution is 6.04. The molecule has 0 aliphatic heterocycles. The number of benzene rings is 1. The molecule has 8 nitrogen and oxygen atoms in total. The SMILES string of the molecule is COc1ccn2c(C(=O)Nc3cc(CNC(N)=O)ccc3C)cnc2c1. The number of primary amides is 1. The van der Waals surface area contributed by atoms with E-state index in [9.17, 15) is 9.59 Å². The Bertz CT molecular complexity index is 980. The third kappa shape index (κ3) is 3.59. The fraction of sp³-hybridized carbons (Fsp3) is 0.167. The number of ether oxygens (including phenoxy) is 1. The third-order valence-corrected chi connectivity index (χ3v) is 3.97. The van der Waals surface area contributed by atoms with E-state index < -0.39 is 6.03 Å².